The number of hydrogen-bond donors (Lipinski definition) is 1. The van der Waals surface area contributed by atoms with Crippen LogP contribution in [0.4, 0.5) is 22.7 Å². The van der Waals surface area contributed by atoms with Crippen molar-refractivity contribution in [1.82, 2.24) is 4.90 Å². The van der Waals surface area contributed by atoms with Crippen molar-refractivity contribution < 1.29 is 19.2 Å². The van der Waals surface area contributed by atoms with Gasteiger partial charge in [-0.2, -0.15) is 0 Å². The van der Waals surface area contributed by atoms with Crippen LogP contribution in [0.15, 0.2) is 36.4 Å². The Morgan fingerprint density at radius 2 is 1.56 bits per heavy atom. The van der Waals surface area contributed by atoms with Crippen molar-refractivity contribution in [3.05, 3.63) is 57.6 Å². The molecule has 0 unspecified atom stereocenters. The molecule has 0 aliphatic carbocycles. The van der Waals surface area contributed by atoms with E-state index in [0.717, 1.165) is 64.3 Å². The molecule has 10 nitrogen and oxygen atoms in total. The second-order valence-corrected chi connectivity index (χ2v) is 8.98. The van der Waals surface area contributed by atoms with E-state index in [-0.39, 0.29) is 17.9 Å². The second-order valence-electron chi connectivity index (χ2n) is 8.98. The Morgan fingerprint density at radius 1 is 0.917 bits per heavy atom. The van der Waals surface area contributed by atoms with Gasteiger partial charge in [0.2, 0.25) is 0 Å². The Balaban J connectivity index is 1.62. The molecule has 0 radical (unpaired) electrons. The number of hydrogen-bond acceptors (Lipinski definition) is 8. The maximum absolute atomic E-state index is 13.3. The normalized spacial score (nSPS) is 16.2. The van der Waals surface area contributed by atoms with Crippen molar-refractivity contribution >= 4 is 34.6 Å². The predicted molar refractivity (Wildman–Crippen MR) is 139 cm³/mol. The van der Waals surface area contributed by atoms with Crippen molar-refractivity contribution in [2.24, 2.45) is 0 Å². The number of nitro groups is 1. The van der Waals surface area contributed by atoms with Crippen LogP contribution in [0.1, 0.15) is 47.4 Å². The fourth-order valence-electron chi connectivity index (χ4n) is 4.79. The number of nitro benzene ring substituents is 1. The zero-order valence-corrected chi connectivity index (χ0v) is 20.9. The highest BCUT2D eigenvalue weighted by atomic mass is 16.6. The van der Waals surface area contributed by atoms with Crippen molar-refractivity contribution in [1.29, 1.82) is 0 Å². The number of likely N-dealkylation sites (N-methyl/N-ethyl adjacent to an activating group) is 1. The molecule has 2 fully saturated rings. The molecule has 2 aliphatic rings. The number of rotatable bonds is 8. The van der Waals surface area contributed by atoms with Gasteiger partial charge >= 0.3 is 5.97 Å². The largest absolute Gasteiger partial charge is 0.462 e. The number of esters is 1. The molecule has 0 bridgehead atoms. The summed E-state index contributed by atoms with van der Waals surface area (Å²) in [5, 5.41) is 14.7. The topological polar surface area (TPSA) is 108 Å². The molecule has 1 N–H and O–H groups in total. The molecule has 10 heteroatoms. The van der Waals surface area contributed by atoms with Gasteiger partial charge in [0.05, 0.1) is 28.5 Å². The number of benzene rings is 2. The first kappa shape index (κ1) is 25.4. The molecular weight excluding hydrogens is 462 g/mol. The first-order chi connectivity index (χ1) is 17.4. The molecule has 0 saturated carbocycles. The van der Waals surface area contributed by atoms with Crippen LogP contribution >= 0.6 is 0 Å². The molecule has 0 aromatic heterocycles. The first-order valence-electron chi connectivity index (χ1n) is 12.5. The number of nitrogens with zero attached hydrogens (tertiary/aromatic N) is 4. The third-order valence-corrected chi connectivity index (χ3v) is 6.80. The van der Waals surface area contributed by atoms with Crippen LogP contribution in [0, 0.1) is 10.1 Å². The lowest BCUT2D eigenvalue weighted by Gasteiger charge is -2.36. The van der Waals surface area contributed by atoms with Gasteiger partial charge in [0.15, 0.2) is 0 Å². The van der Waals surface area contributed by atoms with Gasteiger partial charge < -0.3 is 24.8 Å². The standard InChI is InChI=1S/C26H33N5O5/c1-3-28-13-15-30(16-14-28)22-9-8-20(26(33)36-4-2)17-21(22)27-25(32)19-7-10-23(24(18-19)31(34)35)29-11-5-6-12-29/h7-10,17-18H,3-6,11-16H2,1-2H3,(H,27,32). The summed E-state index contributed by atoms with van der Waals surface area (Å²) in [6.07, 6.45) is 1.98. The van der Waals surface area contributed by atoms with Crippen molar-refractivity contribution in [3.63, 3.8) is 0 Å². The van der Waals surface area contributed by atoms with Crippen LogP contribution in [0.5, 0.6) is 0 Å². The van der Waals surface area contributed by atoms with Crippen LogP contribution < -0.4 is 15.1 Å². The maximum atomic E-state index is 13.3. The van der Waals surface area contributed by atoms with Gasteiger partial charge in [-0.3, -0.25) is 14.9 Å². The van der Waals surface area contributed by atoms with Gasteiger partial charge in [0.25, 0.3) is 11.6 Å². The van der Waals surface area contributed by atoms with E-state index in [1.165, 1.54) is 6.07 Å². The smallest absolute Gasteiger partial charge is 0.338 e. The van der Waals surface area contributed by atoms with Gasteiger partial charge in [-0.1, -0.05) is 6.92 Å². The van der Waals surface area contributed by atoms with Gasteiger partial charge in [0, 0.05) is 50.9 Å². The molecule has 2 aromatic rings. The summed E-state index contributed by atoms with van der Waals surface area (Å²) in [6.45, 7) is 9.98. The van der Waals surface area contributed by atoms with Crippen LogP contribution in [0.2, 0.25) is 0 Å². The Morgan fingerprint density at radius 3 is 2.19 bits per heavy atom. The molecule has 2 aliphatic heterocycles. The molecular formula is C26H33N5O5. The van der Waals surface area contributed by atoms with E-state index in [1.54, 1.807) is 31.2 Å². The number of piperazine rings is 1. The molecule has 192 valence electrons. The average molecular weight is 496 g/mol. The average Bonchev–Trinajstić information content (AvgIpc) is 3.43. The Kier molecular flexibility index (Phi) is 8.04. The van der Waals surface area contributed by atoms with Gasteiger partial charge in [-0.05, 0) is 56.6 Å². The Bertz CT molecular complexity index is 1120. The first-order valence-corrected chi connectivity index (χ1v) is 12.5. The Hall–Kier alpha value is -3.66. The van der Waals surface area contributed by atoms with E-state index in [2.05, 4.69) is 22.0 Å². The number of carbonyl (C=O) groups is 2. The lowest BCUT2D eigenvalue weighted by Crippen LogP contribution is -2.46. The van der Waals surface area contributed by atoms with Gasteiger partial charge in [-0.15, -0.1) is 0 Å². The minimum absolute atomic E-state index is 0.0827. The van der Waals surface area contributed by atoms with Crippen LogP contribution in [0.3, 0.4) is 0 Å². The molecule has 0 atom stereocenters. The van der Waals surface area contributed by atoms with Crippen LogP contribution in [-0.4, -0.2) is 74.1 Å². The molecule has 2 heterocycles. The minimum atomic E-state index is -0.472. The van der Waals surface area contributed by atoms with Crippen molar-refractivity contribution in [2.45, 2.75) is 26.7 Å². The van der Waals surface area contributed by atoms with E-state index in [4.69, 9.17) is 4.74 Å². The van der Waals surface area contributed by atoms with E-state index >= 15 is 0 Å². The quantitative estimate of drug-likeness (QED) is 0.335. The summed E-state index contributed by atoms with van der Waals surface area (Å²) in [6, 6.07) is 9.73. The third-order valence-electron chi connectivity index (χ3n) is 6.80. The summed E-state index contributed by atoms with van der Waals surface area (Å²) >= 11 is 0. The van der Waals surface area contributed by atoms with E-state index in [0.29, 0.717) is 16.9 Å². The molecule has 2 aromatic carbocycles. The van der Waals surface area contributed by atoms with E-state index < -0.39 is 16.8 Å². The molecule has 4 rings (SSSR count). The lowest BCUT2D eigenvalue weighted by atomic mass is 10.1. The highest BCUT2D eigenvalue weighted by Crippen LogP contribution is 2.33. The SMILES string of the molecule is CCOC(=O)c1ccc(N2CCN(CC)CC2)c(NC(=O)c2ccc(N3CCCC3)c([N+](=O)[O-])c2)c1. The number of ether oxygens (including phenoxy) is 1. The molecule has 1 amide bonds. The van der Waals surface area contributed by atoms with Crippen LogP contribution in [0.25, 0.3) is 0 Å². The zero-order valence-electron chi connectivity index (χ0n) is 20.9. The summed E-state index contributed by atoms with van der Waals surface area (Å²) in [4.78, 5) is 43.5. The van der Waals surface area contributed by atoms with Gasteiger partial charge in [-0.25, -0.2) is 4.79 Å². The fourth-order valence-corrected chi connectivity index (χ4v) is 4.79. The molecule has 36 heavy (non-hydrogen) atoms. The summed E-state index contributed by atoms with van der Waals surface area (Å²) in [7, 11) is 0. The lowest BCUT2D eigenvalue weighted by molar-refractivity contribution is -0.384. The third kappa shape index (κ3) is 5.59. The van der Waals surface area contributed by atoms with Crippen molar-refractivity contribution in [3.8, 4) is 0 Å². The maximum Gasteiger partial charge on any atom is 0.338 e. The van der Waals surface area contributed by atoms with Gasteiger partial charge in [0.1, 0.15) is 5.69 Å². The number of carbonyl (C=O) groups excluding carboxylic acids is 2. The Labute approximate surface area is 211 Å². The van der Waals surface area contributed by atoms with Crippen LogP contribution in [-0.2, 0) is 4.74 Å². The molecule has 0 spiro atoms. The highest BCUT2D eigenvalue weighted by Gasteiger charge is 2.25. The predicted octanol–water partition coefficient (Wildman–Crippen LogP) is 3.77. The highest BCUT2D eigenvalue weighted by molar-refractivity contribution is 6.07. The summed E-state index contributed by atoms with van der Waals surface area (Å²) in [5.74, 6) is -0.943. The second kappa shape index (κ2) is 11.4. The fraction of sp³-hybridized carbons (Fsp3) is 0.462. The number of nitrogens with one attached hydrogen (secondary N) is 1. The monoisotopic (exact) mass is 495 g/mol. The number of amides is 1. The summed E-state index contributed by atoms with van der Waals surface area (Å²) in [5.41, 5.74) is 2.25. The zero-order chi connectivity index (χ0) is 25.7. The van der Waals surface area contributed by atoms with E-state index in [9.17, 15) is 19.7 Å². The number of anilines is 3. The summed E-state index contributed by atoms with van der Waals surface area (Å²) < 4.78 is 5.14. The van der Waals surface area contributed by atoms with E-state index in [1.807, 2.05) is 11.0 Å². The molecule has 2 saturated heterocycles. The van der Waals surface area contributed by atoms with Crippen molar-refractivity contribution in [2.75, 3.05) is 67.5 Å². The minimum Gasteiger partial charge on any atom is -0.462 e.